The van der Waals surface area contributed by atoms with Gasteiger partial charge in [-0.25, -0.2) is 4.39 Å². The minimum absolute atomic E-state index is 0.202. The first-order valence-corrected chi connectivity index (χ1v) is 8.05. The molecule has 0 amide bonds. The van der Waals surface area contributed by atoms with Crippen LogP contribution in [0, 0.1) is 5.82 Å². The number of rotatable bonds is 4. The predicted molar refractivity (Wildman–Crippen MR) is 92.7 cm³/mol. The summed E-state index contributed by atoms with van der Waals surface area (Å²) in [6, 6.07) is 15.1. The maximum atomic E-state index is 13.0. The van der Waals surface area contributed by atoms with Crippen LogP contribution in [0.2, 0.25) is 0 Å². The van der Waals surface area contributed by atoms with Crippen LogP contribution in [-0.4, -0.2) is 37.7 Å². The average Bonchev–Trinajstić information content (AvgIpc) is 2.61. The van der Waals surface area contributed by atoms with Crippen molar-refractivity contribution in [1.29, 1.82) is 0 Å². The van der Waals surface area contributed by atoms with Crippen molar-refractivity contribution in [1.82, 2.24) is 4.90 Å². The highest BCUT2D eigenvalue weighted by atomic mass is 19.1. The number of ether oxygens (including phenoxy) is 1. The average molecular weight is 311 g/mol. The van der Waals surface area contributed by atoms with Crippen molar-refractivity contribution in [3.8, 4) is 11.1 Å². The Kier molecular flexibility index (Phi) is 5.21. The molecule has 1 aliphatic heterocycles. The van der Waals surface area contributed by atoms with Crippen LogP contribution in [0.15, 0.2) is 54.6 Å². The molecule has 1 heterocycles. The molecule has 1 aliphatic rings. The molecule has 0 saturated carbocycles. The van der Waals surface area contributed by atoms with Gasteiger partial charge < -0.3 is 4.74 Å². The Balaban J connectivity index is 1.67. The maximum absolute atomic E-state index is 13.0. The molecular weight excluding hydrogens is 289 g/mol. The van der Waals surface area contributed by atoms with E-state index in [2.05, 4.69) is 42.2 Å². The summed E-state index contributed by atoms with van der Waals surface area (Å²) in [6.07, 6.45) is 2.28. The van der Waals surface area contributed by atoms with E-state index in [9.17, 15) is 4.39 Å². The van der Waals surface area contributed by atoms with E-state index in [1.807, 2.05) is 12.1 Å². The third kappa shape index (κ3) is 4.27. The number of nitrogens with zero attached hydrogens (tertiary/aromatic N) is 1. The van der Waals surface area contributed by atoms with Crippen molar-refractivity contribution >= 4 is 5.57 Å². The van der Waals surface area contributed by atoms with Gasteiger partial charge in [0.15, 0.2) is 0 Å². The molecule has 1 fully saturated rings. The highest BCUT2D eigenvalue weighted by Gasteiger charge is 2.08. The molecule has 0 unspecified atom stereocenters. The van der Waals surface area contributed by atoms with Crippen molar-refractivity contribution in [2.24, 2.45) is 0 Å². The second-order valence-corrected chi connectivity index (χ2v) is 5.88. The summed E-state index contributed by atoms with van der Waals surface area (Å²) in [4.78, 5) is 2.40. The SMILES string of the molecule is C/C(=C/CN1CCOCC1)c1ccc(-c2ccc(F)cc2)cc1. The van der Waals surface area contributed by atoms with Crippen molar-refractivity contribution in [3.05, 3.63) is 66.0 Å². The van der Waals surface area contributed by atoms with Crippen LogP contribution in [0.25, 0.3) is 16.7 Å². The number of hydrogen-bond donors (Lipinski definition) is 0. The molecule has 3 heteroatoms. The second kappa shape index (κ2) is 7.53. The molecule has 0 bridgehead atoms. The normalized spacial score (nSPS) is 16.5. The smallest absolute Gasteiger partial charge is 0.123 e. The second-order valence-electron chi connectivity index (χ2n) is 5.88. The van der Waals surface area contributed by atoms with Gasteiger partial charge in [-0.2, -0.15) is 0 Å². The van der Waals surface area contributed by atoms with Crippen LogP contribution >= 0.6 is 0 Å². The van der Waals surface area contributed by atoms with Crippen LogP contribution in [0.1, 0.15) is 12.5 Å². The van der Waals surface area contributed by atoms with Gasteiger partial charge in [-0.15, -0.1) is 0 Å². The third-order valence-electron chi connectivity index (χ3n) is 4.28. The van der Waals surface area contributed by atoms with Gasteiger partial charge in [0, 0.05) is 19.6 Å². The summed E-state index contributed by atoms with van der Waals surface area (Å²) in [5, 5.41) is 0. The molecule has 2 aromatic rings. The van der Waals surface area contributed by atoms with Crippen LogP contribution in [-0.2, 0) is 4.74 Å². The third-order valence-corrected chi connectivity index (χ3v) is 4.28. The van der Waals surface area contributed by atoms with Crippen LogP contribution in [0.3, 0.4) is 0 Å². The Labute approximate surface area is 137 Å². The Morgan fingerprint density at radius 2 is 1.57 bits per heavy atom. The summed E-state index contributed by atoms with van der Waals surface area (Å²) < 4.78 is 18.4. The predicted octanol–water partition coefficient (Wildman–Crippen LogP) is 4.23. The van der Waals surface area contributed by atoms with Crippen molar-refractivity contribution in [2.75, 3.05) is 32.8 Å². The van der Waals surface area contributed by atoms with E-state index in [1.54, 1.807) is 0 Å². The summed E-state index contributed by atoms with van der Waals surface area (Å²) in [7, 11) is 0. The van der Waals surface area contributed by atoms with Crippen LogP contribution in [0.4, 0.5) is 4.39 Å². The van der Waals surface area contributed by atoms with Crippen molar-refractivity contribution in [2.45, 2.75) is 6.92 Å². The largest absolute Gasteiger partial charge is 0.379 e. The summed E-state index contributed by atoms with van der Waals surface area (Å²) in [5.41, 5.74) is 4.65. The zero-order valence-electron chi connectivity index (χ0n) is 13.5. The molecule has 120 valence electrons. The van der Waals surface area contributed by atoms with Gasteiger partial charge in [-0.1, -0.05) is 42.5 Å². The van der Waals surface area contributed by atoms with E-state index < -0.39 is 0 Å². The Morgan fingerprint density at radius 3 is 2.17 bits per heavy atom. The summed E-state index contributed by atoms with van der Waals surface area (Å²) in [5.74, 6) is -0.202. The van der Waals surface area contributed by atoms with Gasteiger partial charge in [0.2, 0.25) is 0 Å². The molecule has 3 rings (SSSR count). The molecular formula is C20H22FNO. The van der Waals surface area contributed by atoms with Crippen LogP contribution < -0.4 is 0 Å². The fourth-order valence-electron chi connectivity index (χ4n) is 2.74. The number of benzene rings is 2. The van der Waals surface area contributed by atoms with E-state index in [4.69, 9.17) is 4.74 Å². The Bertz CT molecular complexity index is 655. The topological polar surface area (TPSA) is 12.5 Å². The Hall–Kier alpha value is -1.97. The lowest BCUT2D eigenvalue weighted by molar-refractivity contribution is 0.0435. The number of halogens is 1. The number of hydrogen-bond acceptors (Lipinski definition) is 2. The Morgan fingerprint density at radius 1 is 1.00 bits per heavy atom. The van der Waals surface area contributed by atoms with Gasteiger partial charge >= 0.3 is 0 Å². The molecule has 2 nitrogen and oxygen atoms in total. The van der Waals surface area contributed by atoms with E-state index in [0.29, 0.717) is 0 Å². The van der Waals surface area contributed by atoms with E-state index in [0.717, 1.165) is 44.0 Å². The van der Waals surface area contributed by atoms with E-state index in [1.165, 1.54) is 23.3 Å². The fraction of sp³-hybridized carbons (Fsp3) is 0.300. The molecule has 1 saturated heterocycles. The van der Waals surface area contributed by atoms with Gasteiger partial charge in [0.05, 0.1) is 13.2 Å². The maximum Gasteiger partial charge on any atom is 0.123 e. The molecule has 2 aromatic carbocycles. The van der Waals surface area contributed by atoms with E-state index >= 15 is 0 Å². The van der Waals surface area contributed by atoms with Crippen molar-refractivity contribution < 1.29 is 9.13 Å². The van der Waals surface area contributed by atoms with Gasteiger partial charge in [-0.3, -0.25) is 4.90 Å². The minimum atomic E-state index is -0.202. The van der Waals surface area contributed by atoms with Crippen molar-refractivity contribution in [3.63, 3.8) is 0 Å². The molecule has 0 radical (unpaired) electrons. The first-order chi connectivity index (χ1) is 11.2. The molecule has 0 N–H and O–H groups in total. The lowest BCUT2D eigenvalue weighted by Crippen LogP contribution is -2.36. The molecule has 23 heavy (non-hydrogen) atoms. The molecule has 0 atom stereocenters. The molecule has 0 aliphatic carbocycles. The van der Waals surface area contributed by atoms with Crippen LogP contribution in [0.5, 0.6) is 0 Å². The minimum Gasteiger partial charge on any atom is -0.379 e. The quantitative estimate of drug-likeness (QED) is 0.838. The molecule has 0 spiro atoms. The lowest BCUT2D eigenvalue weighted by atomic mass is 10.0. The van der Waals surface area contributed by atoms with E-state index in [-0.39, 0.29) is 5.82 Å². The highest BCUT2D eigenvalue weighted by Crippen LogP contribution is 2.22. The first kappa shape index (κ1) is 15.9. The zero-order valence-corrected chi connectivity index (χ0v) is 13.5. The fourth-order valence-corrected chi connectivity index (χ4v) is 2.74. The molecule has 0 aromatic heterocycles. The van der Waals surface area contributed by atoms with Gasteiger partial charge in [0.25, 0.3) is 0 Å². The zero-order chi connectivity index (χ0) is 16.1. The monoisotopic (exact) mass is 311 g/mol. The number of morpholine rings is 1. The standard InChI is InChI=1S/C20H22FNO/c1-16(10-11-22-12-14-23-15-13-22)17-2-4-18(5-3-17)19-6-8-20(21)9-7-19/h2-10H,11-15H2,1H3/b16-10-. The first-order valence-electron chi connectivity index (χ1n) is 8.05. The number of allylic oxidation sites excluding steroid dienone is 1. The summed E-state index contributed by atoms with van der Waals surface area (Å²) in [6.45, 7) is 6.79. The summed E-state index contributed by atoms with van der Waals surface area (Å²) >= 11 is 0. The lowest BCUT2D eigenvalue weighted by Gasteiger charge is -2.25. The van der Waals surface area contributed by atoms with Gasteiger partial charge in [0.1, 0.15) is 5.82 Å². The van der Waals surface area contributed by atoms with Gasteiger partial charge in [-0.05, 0) is 41.3 Å². The highest BCUT2D eigenvalue weighted by molar-refractivity contribution is 5.69.